The molecule has 1 heterocycles. The Morgan fingerprint density at radius 2 is 1.86 bits per heavy atom. The van der Waals surface area contributed by atoms with Gasteiger partial charge in [0.2, 0.25) is 11.8 Å². The van der Waals surface area contributed by atoms with Crippen molar-refractivity contribution in [3.8, 4) is 5.75 Å². The third-order valence-corrected chi connectivity index (χ3v) is 5.12. The maximum Gasteiger partial charge on any atom is 0.237 e. The minimum absolute atomic E-state index is 0.284. The number of carbonyl (C=O) groups excluding carboxylic acids is 2. The summed E-state index contributed by atoms with van der Waals surface area (Å²) in [5, 5.41) is 2.37. The molecule has 7 heteroatoms. The highest BCUT2D eigenvalue weighted by Crippen LogP contribution is 2.37. The van der Waals surface area contributed by atoms with Gasteiger partial charge in [-0.2, -0.15) is 0 Å². The summed E-state index contributed by atoms with van der Waals surface area (Å²) in [6.07, 6.45) is 0. The number of ether oxygens (including phenoxy) is 1. The number of methoxy groups -OCH3 is 1. The van der Waals surface area contributed by atoms with Crippen LogP contribution in [0, 0.1) is 31.4 Å². The van der Waals surface area contributed by atoms with E-state index in [1.807, 2.05) is 26.0 Å². The predicted octanol–water partition coefficient (Wildman–Crippen LogP) is 3.40. The molecule has 148 valence electrons. The molecule has 3 rings (SSSR count). The average Bonchev–Trinajstić information content (AvgIpc) is 2.94. The number of aryl methyl sites for hydroxylation is 2. The molecule has 0 spiro atoms. The van der Waals surface area contributed by atoms with Gasteiger partial charge in [-0.05, 0) is 42.7 Å². The Morgan fingerprint density at radius 1 is 1.21 bits per heavy atom. The van der Waals surface area contributed by atoms with Crippen LogP contribution < -0.4 is 10.1 Å². The number of amides is 2. The van der Waals surface area contributed by atoms with Crippen molar-refractivity contribution >= 4 is 17.5 Å². The highest BCUT2D eigenvalue weighted by atomic mass is 19.2. The van der Waals surface area contributed by atoms with Gasteiger partial charge in [-0.15, -0.1) is 0 Å². The minimum Gasteiger partial charge on any atom is -0.496 e. The van der Waals surface area contributed by atoms with Crippen molar-refractivity contribution in [3.05, 3.63) is 58.7 Å². The number of nitrogens with zero attached hydrogens (tertiary/aromatic N) is 1. The van der Waals surface area contributed by atoms with Crippen molar-refractivity contribution in [3.63, 3.8) is 0 Å². The lowest BCUT2D eigenvalue weighted by Gasteiger charge is -2.19. The summed E-state index contributed by atoms with van der Waals surface area (Å²) in [5.41, 5.74) is 2.34. The van der Waals surface area contributed by atoms with Crippen molar-refractivity contribution in [1.29, 1.82) is 0 Å². The molecule has 0 bridgehead atoms. The van der Waals surface area contributed by atoms with E-state index < -0.39 is 29.4 Å². The lowest BCUT2D eigenvalue weighted by atomic mass is 9.86. The summed E-state index contributed by atoms with van der Waals surface area (Å²) in [6.45, 7) is 4.15. The molecule has 1 saturated heterocycles. The molecule has 0 saturated carbocycles. The second-order valence-corrected chi connectivity index (χ2v) is 7.08. The maximum absolute atomic E-state index is 13.9. The van der Waals surface area contributed by atoms with Crippen molar-refractivity contribution in [2.75, 3.05) is 26.0 Å². The van der Waals surface area contributed by atoms with E-state index in [9.17, 15) is 18.4 Å². The summed E-state index contributed by atoms with van der Waals surface area (Å²) >= 11 is 0. The molecule has 1 aliphatic rings. The van der Waals surface area contributed by atoms with E-state index in [0.717, 1.165) is 28.5 Å². The van der Waals surface area contributed by atoms with Crippen molar-refractivity contribution in [2.45, 2.75) is 19.8 Å². The molecule has 1 N–H and O–H groups in total. The monoisotopic (exact) mass is 388 g/mol. The molecule has 2 unspecified atom stereocenters. The Kier molecular flexibility index (Phi) is 5.36. The van der Waals surface area contributed by atoms with Crippen LogP contribution in [0.1, 0.15) is 22.6 Å². The number of likely N-dealkylation sites (tertiary alicyclic amines) is 1. The molecule has 28 heavy (non-hydrogen) atoms. The second kappa shape index (κ2) is 7.58. The fourth-order valence-electron chi connectivity index (χ4n) is 3.82. The lowest BCUT2D eigenvalue weighted by molar-refractivity contribution is -0.135. The van der Waals surface area contributed by atoms with Crippen molar-refractivity contribution < 1.29 is 23.1 Å². The predicted molar refractivity (Wildman–Crippen MR) is 101 cm³/mol. The van der Waals surface area contributed by atoms with E-state index in [2.05, 4.69) is 5.32 Å². The van der Waals surface area contributed by atoms with Gasteiger partial charge in [0.25, 0.3) is 0 Å². The Morgan fingerprint density at radius 3 is 2.46 bits per heavy atom. The molecule has 0 aliphatic carbocycles. The molecular weight excluding hydrogens is 366 g/mol. The van der Waals surface area contributed by atoms with Gasteiger partial charge in [0.05, 0.1) is 12.8 Å². The fourth-order valence-corrected chi connectivity index (χ4v) is 3.82. The average molecular weight is 388 g/mol. The van der Waals surface area contributed by atoms with Crippen LogP contribution in [0.3, 0.4) is 0 Å². The van der Waals surface area contributed by atoms with E-state index in [1.165, 1.54) is 17.0 Å². The molecule has 2 atom stereocenters. The number of anilines is 1. The van der Waals surface area contributed by atoms with Crippen LogP contribution in [-0.4, -0.2) is 37.4 Å². The van der Waals surface area contributed by atoms with Gasteiger partial charge in [0.1, 0.15) is 11.7 Å². The topological polar surface area (TPSA) is 58.6 Å². The van der Waals surface area contributed by atoms with E-state index in [0.29, 0.717) is 6.54 Å². The van der Waals surface area contributed by atoms with Gasteiger partial charge >= 0.3 is 0 Å². The van der Waals surface area contributed by atoms with Crippen LogP contribution >= 0.6 is 0 Å². The Labute approximate surface area is 162 Å². The van der Waals surface area contributed by atoms with Crippen LogP contribution in [0.25, 0.3) is 0 Å². The van der Waals surface area contributed by atoms with E-state index in [1.54, 1.807) is 14.2 Å². The van der Waals surface area contributed by atoms with Gasteiger partial charge in [0, 0.05) is 19.5 Å². The third-order valence-electron chi connectivity index (χ3n) is 5.12. The molecule has 2 aromatic carbocycles. The summed E-state index contributed by atoms with van der Waals surface area (Å²) in [7, 11) is 3.21. The normalized spacial score (nSPS) is 19.1. The highest BCUT2D eigenvalue weighted by molar-refractivity contribution is 6.08. The smallest absolute Gasteiger partial charge is 0.237 e. The van der Waals surface area contributed by atoms with Crippen molar-refractivity contribution in [1.82, 2.24) is 4.90 Å². The molecule has 1 fully saturated rings. The third kappa shape index (κ3) is 3.44. The Bertz CT molecular complexity index is 922. The Balaban J connectivity index is 1.95. The molecule has 1 aliphatic heterocycles. The van der Waals surface area contributed by atoms with E-state index >= 15 is 0 Å². The molecule has 0 aromatic heterocycles. The lowest BCUT2D eigenvalue weighted by Crippen LogP contribution is -2.33. The number of halogens is 2. The zero-order valence-corrected chi connectivity index (χ0v) is 16.2. The van der Waals surface area contributed by atoms with Crippen LogP contribution in [0.2, 0.25) is 0 Å². The minimum atomic E-state index is -1.15. The number of carbonyl (C=O) groups is 2. The van der Waals surface area contributed by atoms with Crippen LogP contribution in [0.15, 0.2) is 30.3 Å². The molecule has 5 nitrogen and oxygen atoms in total. The van der Waals surface area contributed by atoms with Gasteiger partial charge in [0.15, 0.2) is 11.6 Å². The van der Waals surface area contributed by atoms with Gasteiger partial charge in [-0.25, -0.2) is 8.78 Å². The summed E-state index contributed by atoms with van der Waals surface area (Å²) in [6, 6.07) is 7.31. The summed E-state index contributed by atoms with van der Waals surface area (Å²) in [5.74, 6) is -3.91. The van der Waals surface area contributed by atoms with Crippen molar-refractivity contribution in [2.24, 2.45) is 5.92 Å². The van der Waals surface area contributed by atoms with E-state index in [-0.39, 0.29) is 11.6 Å². The fraction of sp³-hybridized carbons (Fsp3) is 0.333. The highest BCUT2D eigenvalue weighted by Gasteiger charge is 2.44. The number of benzene rings is 2. The first-order chi connectivity index (χ1) is 13.2. The maximum atomic E-state index is 13.9. The van der Waals surface area contributed by atoms with Crippen LogP contribution in [0.4, 0.5) is 14.5 Å². The Hall–Kier alpha value is -2.96. The van der Waals surface area contributed by atoms with Gasteiger partial charge < -0.3 is 15.0 Å². The number of nitrogens with one attached hydrogen (secondary N) is 1. The number of hydrogen-bond donors (Lipinski definition) is 1. The van der Waals surface area contributed by atoms with Crippen LogP contribution in [0.5, 0.6) is 5.75 Å². The number of likely N-dealkylation sites (N-methyl/N-ethyl adjacent to an activating group) is 1. The standard InChI is InChI=1S/C21H22F2N2O3/c1-11-8-13(9-12(2)19(11)28-4)14-10-25(3)21(27)17(14)20(26)24-16-7-5-6-15(22)18(16)23/h5-9,14,17H,10H2,1-4H3,(H,24,26). The largest absolute Gasteiger partial charge is 0.496 e. The van der Waals surface area contributed by atoms with Gasteiger partial charge in [-0.3, -0.25) is 9.59 Å². The molecular formula is C21H22F2N2O3. The van der Waals surface area contributed by atoms with E-state index in [4.69, 9.17) is 4.74 Å². The summed E-state index contributed by atoms with van der Waals surface area (Å²) < 4.78 is 32.7. The quantitative estimate of drug-likeness (QED) is 0.817. The molecule has 0 radical (unpaired) electrons. The van der Waals surface area contributed by atoms with Gasteiger partial charge in [-0.1, -0.05) is 18.2 Å². The first-order valence-electron chi connectivity index (χ1n) is 8.89. The molecule has 2 amide bonds. The number of hydrogen-bond acceptors (Lipinski definition) is 3. The SMILES string of the molecule is COc1c(C)cc(C2CN(C)C(=O)C2C(=O)Nc2cccc(F)c2F)cc1C. The first kappa shape index (κ1) is 19.8. The molecule has 2 aromatic rings. The van der Waals surface area contributed by atoms with Crippen LogP contribution in [-0.2, 0) is 9.59 Å². The first-order valence-corrected chi connectivity index (χ1v) is 8.89. The summed E-state index contributed by atoms with van der Waals surface area (Å²) in [4.78, 5) is 27.0. The second-order valence-electron chi connectivity index (χ2n) is 7.08. The zero-order chi connectivity index (χ0) is 20.6. The zero-order valence-electron chi connectivity index (χ0n) is 16.2. The number of rotatable bonds is 4.